The van der Waals surface area contributed by atoms with Gasteiger partial charge in [-0.1, -0.05) is 31.9 Å². The number of aromatic nitrogens is 1. The first kappa shape index (κ1) is 13.1. The summed E-state index contributed by atoms with van der Waals surface area (Å²) in [4.78, 5) is 16.0. The van der Waals surface area contributed by atoms with Crippen LogP contribution in [-0.4, -0.2) is 16.9 Å². The van der Waals surface area contributed by atoms with Gasteiger partial charge in [-0.05, 0) is 30.4 Å². The molecule has 0 saturated heterocycles. The number of carbonyl (C=O) groups excluding carboxylic acids is 1. The van der Waals surface area contributed by atoms with Crippen molar-refractivity contribution in [2.45, 2.75) is 39.2 Å². The summed E-state index contributed by atoms with van der Waals surface area (Å²) in [5, 5.41) is 3.30. The maximum atomic E-state index is 12.1. The smallest absolute Gasteiger partial charge is 0.251 e. The predicted molar refractivity (Wildman–Crippen MR) is 72.5 cm³/mol. The van der Waals surface area contributed by atoms with Crippen molar-refractivity contribution in [1.29, 1.82) is 0 Å². The number of nitrogens with zero attached hydrogens (tertiary/aromatic N) is 1. The van der Waals surface area contributed by atoms with Crippen LogP contribution in [-0.2, 0) is 0 Å². The van der Waals surface area contributed by atoms with Crippen molar-refractivity contribution in [2.75, 3.05) is 5.73 Å². The van der Waals surface area contributed by atoms with E-state index in [9.17, 15) is 4.79 Å². The Hall–Kier alpha value is -1.29. The van der Waals surface area contributed by atoms with Gasteiger partial charge in [0, 0.05) is 11.6 Å². The molecule has 1 aliphatic carbocycles. The van der Waals surface area contributed by atoms with E-state index in [1.165, 1.54) is 6.07 Å². The van der Waals surface area contributed by atoms with Crippen molar-refractivity contribution in [3.05, 3.63) is 22.8 Å². The SMILES string of the molecule is CC1(C)CCCC1NC(=O)c1cc(N)nc(Cl)c1. The highest BCUT2D eigenvalue weighted by molar-refractivity contribution is 6.29. The molecule has 1 aromatic heterocycles. The molecule has 0 bridgehead atoms. The van der Waals surface area contributed by atoms with Crippen molar-refractivity contribution < 1.29 is 4.79 Å². The number of hydrogen-bond donors (Lipinski definition) is 2. The number of carbonyl (C=O) groups is 1. The molecule has 1 unspecified atom stereocenters. The van der Waals surface area contributed by atoms with Gasteiger partial charge < -0.3 is 11.1 Å². The number of nitrogens with two attached hydrogens (primary N) is 1. The number of pyridine rings is 1. The number of rotatable bonds is 2. The maximum Gasteiger partial charge on any atom is 0.251 e. The summed E-state index contributed by atoms with van der Waals surface area (Å²) in [5.74, 6) is 0.129. The number of nitrogen functional groups attached to an aromatic ring is 1. The number of nitrogens with one attached hydrogen (secondary N) is 1. The average molecular weight is 268 g/mol. The highest BCUT2D eigenvalue weighted by Crippen LogP contribution is 2.37. The van der Waals surface area contributed by atoms with Crippen LogP contribution in [0.3, 0.4) is 0 Å². The van der Waals surface area contributed by atoms with Gasteiger partial charge in [0.1, 0.15) is 11.0 Å². The zero-order valence-electron chi connectivity index (χ0n) is 10.7. The van der Waals surface area contributed by atoms with Crippen molar-refractivity contribution in [1.82, 2.24) is 10.3 Å². The quantitative estimate of drug-likeness (QED) is 0.810. The maximum absolute atomic E-state index is 12.1. The third kappa shape index (κ3) is 2.75. The highest BCUT2D eigenvalue weighted by atomic mass is 35.5. The van der Waals surface area contributed by atoms with Gasteiger partial charge in [-0.25, -0.2) is 4.98 Å². The molecular weight excluding hydrogens is 250 g/mol. The Morgan fingerprint density at radius 2 is 2.28 bits per heavy atom. The van der Waals surface area contributed by atoms with Crippen LogP contribution < -0.4 is 11.1 Å². The van der Waals surface area contributed by atoms with Gasteiger partial charge in [0.2, 0.25) is 0 Å². The van der Waals surface area contributed by atoms with Gasteiger partial charge in [0.25, 0.3) is 5.91 Å². The summed E-state index contributed by atoms with van der Waals surface area (Å²) in [5.41, 5.74) is 6.20. The van der Waals surface area contributed by atoms with Crippen LogP contribution in [0.5, 0.6) is 0 Å². The normalized spacial score (nSPS) is 21.8. The Kier molecular flexibility index (Phi) is 3.48. The van der Waals surface area contributed by atoms with Crippen LogP contribution in [0, 0.1) is 5.41 Å². The van der Waals surface area contributed by atoms with Crippen molar-refractivity contribution in [3.63, 3.8) is 0 Å². The molecule has 18 heavy (non-hydrogen) atoms. The number of hydrogen-bond acceptors (Lipinski definition) is 3. The molecule has 1 amide bonds. The average Bonchev–Trinajstić information content (AvgIpc) is 2.57. The van der Waals surface area contributed by atoms with Crippen LogP contribution in [0.1, 0.15) is 43.5 Å². The van der Waals surface area contributed by atoms with Crippen LogP contribution in [0.2, 0.25) is 5.15 Å². The third-order valence-corrected chi connectivity index (χ3v) is 3.83. The number of anilines is 1. The van der Waals surface area contributed by atoms with E-state index in [1.807, 2.05) is 0 Å². The van der Waals surface area contributed by atoms with E-state index >= 15 is 0 Å². The van der Waals surface area contributed by atoms with E-state index in [0.717, 1.165) is 19.3 Å². The largest absolute Gasteiger partial charge is 0.384 e. The molecule has 1 aliphatic rings. The molecule has 0 spiro atoms. The number of amides is 1. The van der Waals surface area contributed by atoms with Crippen LogP contribution in [0.15, 0.2) is 12.1 Å². The second kappa shape index (κ2) is 4.76. The molecule has 4 nitrogen and oxygen atoms in total. The molecular formula is C13H18ClN3O. The first-order chi connectivity index (χ1) is 8.38. The summed E-state index contributed by atoms with van der Waals surface area (Å²) in [6.45, 7) is 4.36. The summed E-state index contributed by atoms with van der Waals surface area (Å²) < 4.78 is 0. The third-order valence-electron chi connectivity index (χ3n) is 3.64. The zero-order valence-corrected chi connectivity index (χ0v) is 11.4. The first-order valence-corrected chi connectivity index (χ1v) is 6.50. The fourth-order valence-corrected chi connectivity index (χ4v) is 2.70. The Morgan fingerprint density at radius 1 is 1.56 bits per heavy atom. The molecule has 1 atom stereocenters. The monoisotopic (exact) mass is 267 g/mol. The van der Waals surface area contributed by atoms with Crippen LogP contribution in [0.4, 0.5) is 5.82 Å². The molecule has 1 aromatic rings. The fraction of sp³-hybridized carbons (Fsp3) is 0.538. The van der Waals surface area contributed by atoms with Crippen molar-refractivity contribution in [3.8, 4) is 0 Å². The fourth-order valence-electron chi connectivity index (χ4n) is 2.48. The van der Waals surface area contributed by atoms with Crippen molar-refractivity contribution >= 4 is 23.3 Å². The Labute approximate surface area is 112 Å². The second-order valence-electron chi connectivity index (χ2n) is 5.51. The van der Waals surface area contributed by atoms with Gasteiger partial charge in [0.05, 0.1) is 0 Å². The Bertz CT molecular complexity index is 453. The molecule has 0 radical (unpaired) electrons. The minimum Gasteiger partial charge on any atom is -0.384 e. The lowest BCUT2D eigenvalue weighted by Gasteiger charge is -2.27. The molecule has 1 saturated carbocycles. The predicted octanol–water partition coefficient (Wildman–Crippen LogP) is 2.63. The van der Waals surface area contributed by atoms with Gasteiger partial charge in [-0.15, -0.1) is 0 Å². The first-order valence-electron chi connectivity index (χ1n) is 6.12. The molecule has 0 aromatic carbocycles. The summed E-state index contributed by atoms with van der Waals surface area (Å²) in [7, 11) is 0. The van der Waals surface area contributed by atoms with E-state index in [1.54, 1.807) is 6.07 Å². The molecule has 5 heteroatoms. The zero-order chi connectivity index (χ0) is 13.3. The van der Waals surface area contributed by atoms with E-state index in [2.05, 4.69) is 24.1 Å². The minimum absolute atomic E-state index is 0.133. The highest BCUT2D eigenvalue weighted by Gasteiger charge is 2.35. The van der Waals surface area contributed by atoms with Gasteiger partial charge in [0.15, 0.2) is 0 Å². The molecule has 98 valence electrons. The van der Waals surface area contributed by atoms with E-state index in [0.29, 0.717) is 5.56 Å². The second-order valence-corrected chi connectivity index (χ2v) is 5.90. The van der Waals surface area contributed by atoms with Crippen LogP contribution in [0.25, 0.3) is 0 Å². The molecule has 1 heterocycles. The van der Waals surface area contributed by atoms with E-state index < -0.39 is 0 Å². The Balaban J connectivity index is 2.12. The lowest BCUT2D eigenvalue weighted by Crippen LogP contribution is -2.41. The number of halogens is 1. The molecule has 1 fully saturated rings. The Morgan fingerprint density at radius 3 is 2.83 bits per heavy atom. The van der Waals surface area contributed by atoms with E-state index in [4.69, 9.17) is 17.3 Å². The standard InChI is InChI=1S/C13H18ClN3O/c1-13(2)5-3-4-9(13)16-12(18)8-6-10(14)17-11(15)7-8/h6-7,9H,3-5H2,1-2H3,(H2,15,17)(H,16,18). The molecule has 2 rings (SSSR count). The van der Waals surface area contributed by atoms with Gasteiger partial charge >= 0.3 is 0 Å². The van der Waals surface area contributed by atoms with Gasteiger partial charge in [-0.2, -0.15) is 0 Å². The summed E-state index contributed by atoms with van der Waals surface area (Å²) in [6, 6.07) is 3.29. The lowest BCUT2D eigenvalue weighted by molar-refractivity contribution is 0.0910. The minimum atomic E-state index is -0.133. The van der Waals surface area contributed by atoms with Crippen molar-refractivity contribution in [2.24, 2.45) is 5.41 Å². The molecule has 0 aliphatic heterocycles. The topological polar surface area (TPSA) is 68.0 Å². The summed E-state index contributed by atoms with van der Waals surface area (Å²) in [6.07, 6.45) is 3.31. The summed E-state index contributed by atoms with van der Waals surface area (Å²) >= 11 is 5.80. The lowest BCUT2D eigenvalue weighted by atomic mass is 9.87. The van der Waals surface area contributed by atoms with Gasteiger partial charge in [-0.3, -0.25) is 4.79 Å². The van der Waals surface area contributed by atoms with E-state index in [-0.39, 0.29) is 28.3 Å². The molecule has 3 N–H and O–H groups in total. The van der Waals surface area contributed by atoms with Crippen LogP contribution >= 0.6 is 11.6 Å².